The molecule has 7 heteroatoms. The Hall–Kier alpha value is -2.18. The van der Waals surface area contributed by atoms with Crippen molar-refractivity contribution in [3.8, 4) is 0 Å². The number of nitro benzene ring substituents is 1. The van der Waals surface area contributed by atoms with Crippen molar-refractivity contribution in [2.24, 2.45) is 11.7 Å². The molecule has 1 rings (SSSR count). The molecule has 0 aliphatic carbocycles. The molecule has 98 valence electrons. The predicted octanol–water partition coefficient (Wildman–Crippen LogP) is 1.66. The zero-order chi connectivity index (χ0) is 13.9. The van der Waals surface area contributed by atoms with Crippen LogP contribution in [0.4, 0.5) is 15.8 Å². The lowest BCUT2D eigenvalue weighted by Crippen LogP contribution is -2.39. The van der Waals surface area contributed by atoms with Gasteiger partial charge in [-0.2, -0.15) is 0 Å². The highest BCUT2D eigenvalue weighted by Gasteiger charge is 2.21. The lowest BCUT2D eigenvalue weighted by molar-refractivity contribution is -0.385. The molecule has 1 amide bonds. The maximum Gasteiger partial charge on any atom is 0.272 e. The monoisotopic (exact) mass is 255 g/mol. The number of hydrogen-bond acceptors (Lipinski definition) is 4. The number of carbonyl (C=O) groups is 1. The van der Waals surface area contributed by atoms with Crippen LogP contribution in [0.2, 0.25) is 0 Å². The van der Waals surface area contributed by atoms with Crippen molar-refractivity contribution in [3.63, 3.8) is 0 Å². The number of halogens is 1. The van der Waals surface area contributed by atoms with Crippen LogP contribution in [0.25, 0.3) is 0 Å². The molecule has 0 aliphatic rings. The fourth-order valence-electron chi connectivity index (χ4n) is 1.47. The number of nitrogens with two attached hydrogens (primary N) is 1. The van der Waals surface area contributed by atoms with E-state index in [1.807, 2.05) is 0 Å². The second-order valence-corrected chi connectivity index (χ2v) is 4.19. The van der Waals surface area contributed by atoms with Gasteiger partial charge in [-0.25, -0.2) is 4.39 Å². The van der Waals surface area contributed by atoms with E-state index < -0.39 is 22.7 Å². The second-order valence-electron chi connectivity index (χ2n) is 4.19. The summed E-state index contributed by atoms with van der Waals surface area (Å²) in [6.45, 7) is 3.51. The molecule has 0 aromatic heterocycles. The van der Waals surface area contributed by atoms with Gasteiger partial charge in [-0.3, -0.25) is 14.9 Å². The molecule has 0 spiro atoms. The van der Waals surface area contributed by atoms with Gasteiger partial charge < -0.3 is 11.1 Å². The van der Waals surface area contributed by atoms with Gasteiger partial charge in [0.15, 0.2) is 5.82 Å². The first kappa shape index (κ1) is 13.9. The minimum Gasteiger partial charge on any atom is -0.371 e. The molecule has 0 heterocycles. The van der Waals surface area contributed by atoms with Gasteiger partial charge in [0, 0.05) is 6.07 Å². The molecule has 3 N–H and O–H groups in total. The molecule has 0 fully saturated rings. The first-order valence-corrected chi connectivity index (χ1v) is 5.32. The Morgan fingerprint density at radius 1 is 1.50 bits per heavy atom. The Morgan fingerprint density at radius 3 is 2.50 bits per heavy atom. The van der Waals surface area contributed by atoms with E-state index in [2.05, 4.69) is 5.32 Å². The molecular formula is C11H14FN3O3. The number of nitro groups is 1. The maximum atomic E-state index is 13.6. The van der Waals surface area contributed by atoms with Crippen molar-refractivity contribution in [2.45, 2.75) is 19.9 Å². The van der Waals surface area contributed by atoms with E-state index in [0.29, 0.717) is 0 Å². The molecule has 6 nitrogen and oxygen atoms in total. The van der Waals surface area contributed by atoms with Crippen molar-refractivity contribution in [2.75, 3.05) is 5.32 Å². The molecule has 0 radical (unpaired) electrons. The molecule has 0 unspecified atom stereocenters. The zero-order valence-electron chi connectivity index (χ0n) is 10.0. The van der Waals surface area contributed by atoms with E-state index in [1.165, 1.54) is 6.07 Å². The Bertz CT molecular complexity index is 477. The number of carbonyl (C=O) groups excluding carboxylic acids is 1. The Balaban J connectivity index is 2.97. The van der Waals surface area contributed by atoms with Crippen molar-refractivity contribution < 1.29 is 14.1 Å². The minimum absolute atomic E-state index is 0.0121. The van der Waals surface area contributed by atoms with Gasteiger partial charge in [-0.05, 0) is 12.0 Å². The molecule has 1 atom stereocenters. The fraction of sp³-hybridized carbons (Fsp3) is 0.364. The lowest BCUT2D eigenvalue weighted by atomic mass is 10.0. The number of rotatable bonds is 5. The summed E-state index contributed by atoms with van der Waals surface area (Å²) in [4.78, 5) is 20.9. The average molecular weight is 255 g/mol. The van der Waals surface area contributed by atoms with E-state index in [4.69, 9.17) is 5.73 Å². The summed E-state index contributed by atoms with van der Waals surface area (Å²) in [5, 5.41) is 13.1. The molecule has 0 aliphatic heterocycles. The van der Waals surface area contributed by atoms with Crippen LogP contribution < -0.4 is 11.1 Å². The molecule has 1 aromatic rings. The third-order valence-electron chi connectivity index (χ3n) is 2.45. The van der Waals surface area contributed by atoms with Gasteiger partial charge in [0.2, 0.25) is 5.91 Å². The van der Waals surface area contributed by atoms with Crippen molar-refractivity contribution in [3.05, 3.63) is 34.1 Å². The van der Waals surface area contributed by atoms with Gasteiger partial charge in [0.25, 0.3) is 5.69 Å². The summed E-state index contributed by atoms with van der Waals surface area (Å²) in [6.07, 6.45) is 0. The average Bonchev–Trinajstić information content (AvgIpc) is 2.25. The summed E-state index contributed by atoms with van der Waals surface area (Å²) in [7, 11) is 0. The van der Waals surface area contributed by atoms with Crippen LogP contribution in [0.3, 0.4) is 0 Å². The fourth-order valence-corrected chi connectivity index (χ4v) is 1.47. The molecule has 0 saturated heterocycles. The second kappa shape index (κ2) is 5.44. The van der Waals surface area contributed by atoms with E-state index in [-0.39, 0.29) is 17.3 Å². The Labute approximate surface area is 103 Å². The molecule has 18 heavy (non-hydrogen) atoms. The van der Waals surface area contributed by atoms with Crippen LogP contribution in [-0.4, -0.2) is 16.9 Å². The predicted molar refractivity (Wildman–Crippen MR) is 64.5 cm³/mol. The van der Waals surface area contributed by atoms with Crippen molar-refractivity contribution in [1.82, 2.24) is 0 Å². The van der Waals surface area contributed by atoms with E-state index >= 15 is 0 Å². The van der Waals surface area contributed by atoms with Crippen molar-refractivity contribution >= 4 is 17.3 Å². The highest BCUT2D eigenvalue weighted by Crippen LogP contribution is 2.22. The quantitative estimate of drug-likeness (QED) is 0.617. The van der Waals surface area contributed by atoms with Gasteiger partial charge in [0.05, 0.1) is 16.7 Å². The van der Waals surface area contributed by atoms with Crippen LogP contribution >= 0.6 is 0 Å². The highest BCUT2D eigenvalue weighted by atomic mass is 19.1. The first-order valence-electron chi connectivity index (χ1n) is 5.32. The smallest absolute Gasteiger partial charge is 0.272 e. The number of nitrogens with one attached hydrogen (secondary N) is 1. The molecule has 0 saturated carbocycles. The summed E-state index contributed by atoms with van der Waals surface area (Å²) in [5.74, 6) is -1.53. The molecule has 1 aromatic carbocycles. The summed E-state index contributed by atoms with van der Waals surface area (Å²) >= 11 is 0. The largest absolute Gasteiger partial charge is 0.371 e. The van der Waals surface area contributed by atoms with Crippen LogP contribution in [0, 0.1) is 21.8 Å². The van der Waals surface area contributed by atoms with E-state index in [1.54, 1.807) is 13.8 Å². The van der Waals surface area contributed by atoms with E-state index in [0.717, 1.165) is 12.1 Å². The van der Waals surface area contributed by atoms with E-state index in [9.17, 15) is 19.3 Å². The minimum atomic E-state index is -0.795. The van der Waals surface area contributed by atoms with Crippen molar-refractivity contribution in [1.29, 1.82) is 0 Å². The lowest BCUT2D eigenvalue weighted by Gasteiger charge is -2.20. The Morgan fingerprint density at radius 2 is 2.11 bits per heavy atom. The third kappa shape index (κ3) is 3.16. The number of amides is 1. The number of primary amides is 1. The number of nitrogens with zero attached hydrogens (tertiary/aromatic N) is 1. The maximum absolute atomic E-state index is 13.6. The summed E-state index contributed by atoms with van der Waals surface area (Å²) in [6, 6.07) is 2.43. The topological polar surface area (TPSA) is 98.3 Å². The van der Waals surface area contributed by atoms with Gasteiger partial charge in [0.1, 0.15) is 6.04 Å². The van der Waals surface area contributed by atoms with Crippen LogP contribution in [-0.2, 0) is 4.79 Å². The number of benzene rings is 1. The van der Waals surface area contributed by atoms with Gasteiger partial charge >= 0.3 is 0 Å². The normalized spacial score (nSPS) is 12.2. The zero-order valence-corrected chi connectivity index (χ0v) is 10.0. The van der Waals surface area contributed by atoms with Crippen LogP contribution in [0.5, 0.6) is 0 Å². The third-order valence-corrected chi connectivity index (χ3v) is 2.45. The number of anilines is 1. The summed E-state index contributed by atoms with van der Waals surface area (Å²) < 4.78 is 13.6. The summed E-state index contributed by atoms with van der Waals surface area (Å²) in [5.41, 5.74) is 4.84. The van der Waals surface area contributed by atoms with Crippen LogP contribution in [0.1, 0.15) is 13.8 Å². The number of non-ortho nitro benzene ring substituents is 1. The molecule has 0 bridgehead atoms. The Kier molecular flexibility index (Phi) is 4.19. The first-order chi connectivity index (χ1) is 8.32. The van der Waals surface area contributed by atoms with Gasteiger partial charge in [-0.15, -0.1) is 0 Å². The molecular weight excluding hydrogens is 241 g/mol. The highest BCUT2D eigenvalue weighted by molar-refractivity contribution is 5.83. The number of hydrogen-bond donors (Lipinski definition) is 2. The SMILES string of the molecule is CC(C)[C@@H](Nc1ccc([N+](=O)[O-])cc1F)C(N)=O. The standard InChI is InChI=1S/C11H14FN3O3/c1-6(2)10(11(13)16)14-9-4-3-7(15(17)18)5-8(9)12/h3-6,10,14H,1-2H3,(H2,13,16)/t10-/m1/s1. The van der Waals surface area contributed by atoms with Crippen LogP contribution in [0.15, 0.2) is 18.2 Å². The van der Waals surface area contributed by atoms with Gasteiger partial charge in [-0.1, -0.05) is 13.8 Å².